The normalized spacial score (nSPS) is 17.4. The molecule has 1 nitrogen and oxygen atoms in total. The van der Waals surface area contributed by atoms with Crippen LogP contribution in [0.5, 0.6) is 0 Å². The van der Waals surface area contributed by atoms with Crippen molar-refractivity contribution in [2.45, 2.75) is 37.0 Å². The van der Waals surface area contributed by atoms with E-state index in [0.717, 1.165) is 12.1 Å². The zero-order valence-electron chi connectivity index (χ0n) is 17.4. The van der Waals surface area contributed by atoms with Crippen molar-refractivity contribution in [3.63, 3.8) is 0 Å². The third-order valence-electron chi connectivity index (χ3n) is 6.19. The van der Waals surface area contributed by atoms with Crippen LogP contribution in [0.25, 0.3) is 0 Å². The Hall–Kier alpha value is -2.84. The van der Waals surface area contributed by atoms with Gasteiger partial charge in [-0.3, -0.25) is 4.99 Å². The molecule has 3 aromatic rings. The lowest BCUT2D eigenvalue weighted by Crippen LogP contribution is -2.17. The van der Waals surface area contributed by atoms with Crippen molar-refractivity contribution in [3.8, 4) is 0 Å². The topological polar surface area (TPSA) is 12.4 Å². The number of fused-ring (bicyclic) bond motifs is 2. The second-order valence-corrected chi connectivity index (χ2v) is 9.13. The van der Waals surface area contributed by atoms with Crippen LogP contribution in [0, 0.1) is 0 Å². The number of thioether (sulfide) groups is 1. The van der Waals surface area contributed by atoms with E-state index in [1.165, 1.54) is 37.8 Å². The average Bonchev–Trinajstić information content (AvgIpc) is 2.82. The Morgan fingerprint density at radius 3 is 2.03 bits per heavy atom. The van der Waals surface area contributed by atoms with Gasteiger partial charge in [0.05, 0.1) is 11.4 Å². The fourth-order valence-corrected chi connectivity index (χ4v) is 5.51. The Morgan fingerprint density at radius 2 is 1.33 bits per heavy atom. The number of para-hydroxylation sites is 1. The number of rotatable bonds is 4. The highest BCUT2D eigenvalue weighted by molar-refractivity contribution is 8.04. The van der Waals surface area contributed by atoms with Gasteiger partial charge in [-0.1, -0.05) is 110 Å². The van der Waals surface area contributed by atoms with Crippen molar-refractivity contribution >= 4 is 23.2 Å². The molecule has 1 aliphatic carbocycles. The van der Waals surface area contributed by atoms with Gasteiger partial charge in [-0.2, -0.15) is 0 Å². The summed E-state index contributed by atoms with van der Waals surface area (Å²) in [4.78, 5) is 7.71. The van der Waals surface area contributed by atoms with Gasteiger partial charge in [0.2, 0.25) is 0 Å². The molecule has 2 unspecified atom stereocenters. The van der Waals surface area contributed by atoms with Gasteiger partial charge in [-0.25, -0.2) is 0 Å². The minimum absolute atomic E-state index is 0.322. The van der Waals surface area contributed by atoms with Crippen LogP contribution in [-0.4, -0.2) is 5.71 Å². The van der Waals surface area contributed by atoms with E-state index in [-0.39, 0.29) is 0 Å². The van der Waals surface area contributed by atoms with Crippen LogP contribution in [0.4, 0.5) is 5.69 Å². The molecule has 1 heterocycles. The van der Waals surface area contributed by atoms with Crippen molar-refractivity contribution in [3.05, 3.63) is 118 Å². The molecule has 2 heteroatoms. The van der Waals surface area contributed by atoms with E-state index in [1.807, 2.05) is 11.8 Å². The van der Waals surface area contributed by atoms with Crippen molar-refractivity contribution in [1.29, 1.82) is 0 Å². The summed E-state index contributed by atoms with van der Waals surface area (Å²) in [5.74, 6) is 0.693. The van der Waals surface area contributed by atoms with Crippen LogP contribution in [0.15, 0.2) is 117 Å². The molecule has 0 amide bonds. The van der Waals surface area contributed by atoms with Crippen LogP contribution in [-0.2, 0) is 0 Å². The SMILES string of the molecule is CC(C1=CC(C(C)c2ccccc2)=C2Sc3ccccc3N=C2C1)c1ccccc1. The molecular formula is C28H25NS. The second-order valence-electron chi connectivity index (χ2n) is 8.07. The standard InChI is InChI=1S/C28H25NS/c1-19(21-11-5-3-6-12-21)23-17-24(20(2)22-13-7-4-8-14-22)28-26(18-23)29-25-15-9-10-16-27(25)30-28/h3-17,19-20H,18H2,1-2H3. The number of nitrogens with zero attached hydrogens (tertiary/aromatic N) is 1. The molecule has 2 atom stereocenters. The van der Waals surface area contributed by atoms with Crippen LogP contribution in [0.2, 0.25) is 0 Å². The number of hydrogen-bond acceptors (Lipinski definition) is 2. The molecule has 0 N–H and O–H groups in total. The van der Waals surface area contributed by atoms with Crippen LogP contribution < -0.4 is 0 Å². The lowest BCUT2D eigenvalue weighted by molar-refractivity contribution is 0.844. The van der Waals surface area contributed by atoms with E-state index in [9.17, 15) is 0 Å². The quantitative estimate of drug-likeness (QED) is 0.426. The predicted molar refractivity (Wildman–Crippen MR) is 129 cm³/mol. The minimum atomic E-state index is 0.322. The Kier molecular flexibility index (Phi) is 5.18. The molecule has 3 aromatic carbocycles. The summed E-state index contributed by atoms with van der Waals surface area (Å²) in [5.41, 5.74) is 7.87. The number of allylic oxidation sites excluding steroid dienone is 4. The lowest BCUT2D eigenvalue weighted by atomic mass is 9.81. The number of benzene rings is 3. The van der Waals surface area contributed by atoms with Crippen molar-refractivity contribution in [1.82, 2.24) is 0 Å². The van der Waals surface area contributed by atoms with Gasteiger partial charge in [0.25, 0.3) is 0 Å². The lowest BCUT2D eigenvalue weighted by Gasteiger charge is -2.30. The molecular weight excluding hydrogens is 382 g/mol. The first-order valence-corrected chi connectivity index (χ1v) is 11.4. The molecule has 0 radical (unpaired) electrons. The Bertz CT molecular complexity index is 1160. The van der Waals surface area contributed by atoms with E-state index in [1.54, 1.807) is 0 Å². The Morgan fingerprint density at radius 1 is 0.733 bits per heavy atom. The molecule has 2 aliphatic rings. The van der Waals surface area contributed by atoms with Gasteiger partial charge in [-0.15, -0.1) is 0 Å². The summed E-state index contributed by atoms with van der Waals surface area (Å²) in [5, 5.41) is 0. The Labute approximate surface area is 183 Å². The summed E-state index contributed by atoms with van der Waals surface area (Å²) in [6.07, 6.45) is 3.38. The molecule has 0 saturated carbocycles. The van der Waals surface area contributed by atoms with E-state index >= 15 is 0 Å². The molecule has 1 aliphatic heterocycles. The summed E-state index contributed by atoms with van der Waals surface area (Å²) >= 11 is 1.89. The fraction of sp³-hybridized carbons (Fsp3) is 0.179. The van der Waals surface area contributed by atoms with E-state index in [0.29, 0.717) is 11.8 Å². The first-order chi connectivity index (χ1) is 14.7. The molecule has 148 valence electrons. The van der Waals surface area contributed by atoms with Gasteiger partial charge in [0, 0.05) is 28.1 Å². The third kappa shape index (κ3) is 3.57. The predicted octanol–water partition coefficient (Wildman–Crippen LogP) is 8.06. The summed E-state index contributed by atoms with van der Waals surface area (Å²) in [6.45, 7) is 4.64. The largest absolute Gasteiger partial charge is 0.251 e. The molecule has 5 rings (SSSR count). The summed E-state index contributed by atoms with van der Waals surface area (Å²) < 4.78 is 0. The second kappa shape index (κ2) is 8.12. The van der Waals surface area contributed by atoms with Gasteiger partial charge in [-0.05, 0) is 28.8 Å². The molecule has 0 saturated heterocycles. The third-order valence-corrected chi connectivity index (χ3v) is 7.43. The zero-order chi connectivity index (χ0) is 20.5. The fourth-order valence-electron chi connectivity index (χ4n) is 4.33. The van der Waals surface area contributed by atoms with Crippen molar-refractivity contribution in [2.75, 3.05) is 0 Å². The van der Waals surface area contributed by atoms with Gasteiger partial charge >= 0.3 is 0 Å². The highest BCUT2D eigenvalue weighted by atomic mass is 32.2. The molecule has 30 heavy (non-hydrogen) atoms. The molecule has 0 fully saturated rings. The highest BCUT2D eigenvalue weighted by Gasteiger charge is 2.29. The van der Waals surface area contributed by atoms with Gasteiger partial charge < -0.3 is 0 Å². The minimum Gasteiger partial charge on any atom is -0.251 e. The average molecular weight is 408 g/mol. The van der Waals surface area contributed by atoms with Crippen LogP contribution in [0.3, 0.4) is 0 Å². The maximum Gasteiger partial charge on any atom is 0.0772 e. The number of aliphatic imine (C=N–C) groups is 1. The van der Waals surface area contributed by atoms with E-state index in [4.69, 9.17) is 4.99 Å². The monoisotopic (exact) mass is 407 g/mol. The molecule has 0 spiro atoms. The summed E-state index contributed by atoms with van der Waals surface area (Å²) in [6, 6.07) is 30.2. The van der Waals surface area contributed by atoms with Gasteiger partial charge in [0.15, 0.2) is 0 Å². The first-order valence-electron chi connectivity index (χ1n) is 10.6. The van der Waals surface area contributed by atoms with Crippen LogP contribution >= 0.6 is 11.8 Å². The van der Waals surface area contributed by atoms with Gasteiger partial charge in [0.1, 0.15) is 0 Å². The number of hydrogen-bond donors (Lipinski definition) is 0. The maximum atomic E-state index is 5.12. The highest BCUT2D eigenvalue weighted by Crippen LogP contribution is 2.48. The molecule has 0 aromatic heterocycles. The zero-order valence-corrected chi connectivity index (χ0v) is 18.2. The maximum absolute atomic E-state index is 5.12. The van der Waals surface area contributed by atoms with Crippen LogP contribution in [0.1, 0.15) is 43.2 Å². The van der Waals surface area contributed by atoms with Crippen molar-refractivity contribution in [2.24, 2.45) is 4.99 Å². The van der Waals surface area contributed by atoms with E-state index < -0.39 is 0 Å². The summed E-state index contributed by atoms with van der Waals surface area (Å²) in [7, 11) is 0. The van der Waals surface area contributed by atoms with E-state index in [2.05, 4.69) is 105 Å². The molecule has 0 bridgehead atoms. The smallest absolute Gasteiger partial charge is 0.0772 e. The Balaban J connectivity index is 1.63. The van der Waals surface area contributed by atoms with Crippen molar-refractivity contribution < 1.29 is 0 Å². The first kappa shape index (κ1) is 19.1.